The third kappa shape index (κ3) is 1.92. The van der Waals surface area contributed by atoms with Crippen molar-refractivity contribution in [3.05, 3.63) is 34.8 Å². The van der Waals surface area contributed by atoms with Crippen LogP contribution < -0.4 is 0 Å². The quantitative estimate of drug-likeness (QED) is 0.786. The minimum Gasteiger partial charge on any atom is -0.209 e. The molecule has 0 aliphatic rings. The Hall–Kier alpha value is -0.810. The number of nitrogens with zero attached hydrogens (tertiary/aromatic N) is 2. The maximum Gasteiger partial charge on any atom is 0.209 e. The predicted octanol–water partition coefficient (Wildman–Crippen LogP) is 3.11. The Morgan fingerprint density at radius 1 is 1.23 bits per heavy atom. The van der Waals surface area contributed by atoms with E-state index in [2.05, 4.69) is 25.3 Å². The van der Waals surface area contributed by atoms with Crippen LogP contribution in [-0.2, 0) is 0 Å². The average molecular weight is 259 g/mol. The summed E-state index contributed by atoms with van der Waals surface area (Å²) in [5.41, 5.74) is 0.879. The van der Waals surface area contributed by atoms with Crippen molar-refractivity contribution in [3.63, 3.8) is 0 Å². The minimum absolute atomic E-state index is 0.243. The van der Waals surface area contributed by atoms with Gasteiger partial charge in [-0.05, 0) is 51.7 Å². The van der Waals surface area contributed by atoms with Crippen molar-refractivity contribution in [2.45, 2.75) is 0 Å². The lowest BCUT2D eigenvalue weighted by atomic mass is 10.2. The van der Waals surface area contributed by atoms with Crippen molar-refractivity contribution < 1.29 is 4.39 Å². The maximum absolute atomic E-state index is 12.6. The fourth-order valence-corrected chi connectivity index (χ4v) is 2.00. The molecule has 0 saturated carbocycles. The maximum atomic E-state index is 12.6. The second kappa shape index (κ2) is 3.51. The highest BCUT2D eigenvalue weighted by molar-refractivity contribution is 9.10. The van der Waals surface area contributed by atoms with Gasteiger partial charge in [-0.25, -0.2) is 9.37 Å². The molecule has 0 amide bonds. The predicted molar refractivity (Wildman–Crippen MR) is 53.0 cm³/mol. The summed E-state index contributed by atoms with van der Waals surface area (Å²) in [6.07, 6.45) is 0. The smallest absolute Gasteiger partial charge is 0.209 e. The average Bonchev–Trinajstić information content (AvgIpc) is 2.53. The van der Waals surface area contributed by atoms with Crippen LogP contribution in [0, 0.1) is 5.82 Å². The van der Waals surface area contributed by atoms with Crippen molar-refractivity contribution in [1.82, 2.24) is 9.36 Å². The van der Waals surface area contributed by atoms with E-state index in [4.69, 9.17) is 0 Å². The Bertz CT molecular complexity index is 412. The van der Waals surface area contributed by atoms with Gasteiger partial charge in [-0.2, -0.15) is 4.37 Å². The molecule has 0 bridgehead atoms. The monoisotopic (exact) mass is 258 g/mol. The molecule has 0 spiro atoms. The Kier molecular flexibility index (Phi) is 2.37. The molecule has 2 nitrogen and oxygen atoms in total. The summed E-state index contributed by atoms with van der Waals surface area (Å²) >= 11 is 4.44. The molecule has 66 valence electrons. The van der Waals surface area contributed by atoms with Gasteiger partial charge in [-0.1, -0.05) is 0 Å². The Labute approximate surface area is 86.7 Å². The van der Waals surface area contributed by atoms with E-state index in [9.17, 15) is 4.39 Å². The van der Waals surface area contributed by atoms with Gasteiger partial charge in [-0.15, -0.1) is 0 Å². The van der Waals surface area contributed by atoms with Crippen LogP contribution in [-0.4, -0.2) is 9.36 Å². The van der Waals surface area contributed by atoms with Gasteiger partial charge in [0.15, 0.2) is 0 Å². The fraction of sp³-hybridized carbons (Fsp3) is 0. The van der Waals surface area contributed by atoms with Crippen LogP contribution in [0.4, 0.5) is 4.39 Å². The molecule has 0 aliphatic heterocycles. The number of aromatic nitrogens is 2. The van der Waals surface area contributed by atoms with Crippen LogP contribution in [0.15, 0.2) is 29.0 Å². The molecule has 1 aromatic heterocycles. The van der Waals surface area contributed by atoms with E-state index in [0.717, 1.165) is 10.6 Å². The summed E-state index contributed by atoms with van der Waals surface area (Å²) in [4.78, 5) is 4.11. The van der Waals surface area contributed by atoms with Gasteiger partial charge in [0.1, 0.15) is 10.8 Å². The third-order valence-electron chi connectivity index (χ3n) is 1.49. The first kappa shape index (κ1) is 8.77. The fourth-order valence-electron chi connectivity index (χ4n) is 0.915. The number of hydrogen-bond donors (Lipinski definition) is 0. The van der Waals surface area contributed by atoms with E-state index in [1.54, 1.807) is 12.1 Å². The lowest BCUT2D eigenvalue weighted by Crippen LogP contribution is -1.76. The van der Waals surface area contributed by atoms with Crippen LogP contribution in [0.25, 0.3) is 10.6 Å². The first-order chi connectivity index (χ1) is 6.25. The van der Waals surface area contributed by atoms with Crippen molar-refractivity contribution in [3.8, 4) is 10.6 Å². The SMILES string of the molecule is Fc1ccc(-c2nc(Br)ns2)cc1. The highest BCUT2D eigenvalue weighted by Gasteiger charge is 2.03. The zero-order valence-electron chi connectivity index (χ0n) is 6.37. The molecule has 5 heteroatoms. The van der Waals surface area contributed by atoms with Gasteiger partial charge < -0.3 is 0 Å². The number of rotatable bonds is 1. The molecule has 13 heavy (non-hydrogen) atoms. The second-order valence-electron chi connectivity index (χ2n) is 2.38. The van der Waals surface area contributed by atoms with E-state index >= 15 is 0 Å². The van der Waals surface area contributed by atoms with Crippen LogP contribution in [0.2, 0.25) is 0 Å². The van der Waals surface area contributed by atoms with Gasteiger partial charge in [-0.3, -0.25) is 0 Å². The Balaban J connectivity index is 2.41. The van der Waals surface area contributed by atoms with Crippen molar-refractivity contribution in [1.29, 1.82) is 0 Å². The van der Waals surface area contributed by atoms with Crippen molar-refractivity contribution in [2.75, 3.05) is 0 Å². The molecule has 0 aliphatic carbocycles. The molecule has 0 saturated heterocycles. The largest absolute Gasteiger partial charge is 0.209 e. The Morgan fingerprint density at radius 2 is 1.92 bits per heavy atom. The Morgan fingerprint density at radius 3 is 2.46 bits per heavy atom. The summed E-state index contributed by atoms with van der Waals surface area (Å²) in [5.74, 6) is -0.243. The first-order valence-corrected chi connectivity index (χ1v) is 5.07. The topological polar surface area (TPSA) is 25.8 Å². The van der Waals surface area contributed by atoms with E-state index in [0.29, 0.717) is 4.73 Å². The molecule has 0 unspecified atom stereocenters. The molecule has 1 aromatic carbocycles. The van der Waals surface area contributed by atoms with Gasteiger partial charge >= 0.3 is 0 Å². The lowest BCUT2D eigenvalue weighted by molar-refractivity contribution is 0.628. The molecular weight excluding hydrogens is 255 g/mol. The van der Waals surface area contributed by atoms with E-state index in [1.807, 2.05) is 0 Å². The first-order valence-electron chi connectivity index (χ1n) is 3.51. The molecule has 0 atom stereocenters. The summed E-state index contributed by atoms with van der Waals surface area (Å²) in [7, 11) is 0. The molecule has 1 heterocycles. The van der Waals surface area contributed by atoms with Crippen LogP contribution in [0.5, 0.6) is 0 Å². The summed E-state index contributed by atoms with van der Waals surface area (Å²) in [6.45, 7) is 0. The van der Waals surface area contributed by atoms with Gasteiger partial charge in [0.25, 0.3) is 0 Å². The minimum atomic E-state index is -0.243. The summed E-state index contributed by atoms with van der Waals surface area (Å²) in [6, 6.07) is 6.18. The second-order valence-corrected chi connectivity index (χ2v) is 3.84. The van der Waals surface area contributed by atoms with E-state index in [-0.39, 0.29) is 5.82 Å². The van der Waals surface area contributed by atoms with E-state index in [1.165, 1.54) is 23.7 Å². The highest BCUT2D eigenvalue weighted by atomic mass is 79.9. The van der Waals surface area contributed by atoms with Crippen molar-refractivity contribution in [2.24, 2.45) is 0 Å². The molecule has 0 radical (unpaired) electrons. The number of hydrogen-bond acceptors (Lipinski definition) is 3. The van der Waals surface area contributed by atoms with Gasteiger partial charge in [0.2, 0.25) is 4.73 Å². The normalized spacial score (nSPS) is 10.3. The number of halogens is 2. The van der Waals surface area contributed by atoms with Crippen LogP contribution in [0.3, 0.4) is 0 Å². The van der Waals surface area contributed by atoms with E-state index < -0.39 is 0 Å². The molecule has 2 aromatic rings. The molecule has 2 rings (SSSR count). The zero-order chi connectivity index (χ0) is 9.26. The third-order valence-corrected chi connectivity index (χ3v) is 2.85. The summed E-state index contributed by atoms with van der Waals surface area (Å²) in [5, 5.41) is 0.784. The molecule has 0 N–H and O–H groups in total. The zero-order valence-corrected chi connectivity index (χ0v) is 8.77. The van der Waals surface area contributed by atoms with Crippen molar-refractivity contribution >= 4 is 27.5 Å². The highest BCUT2D eigenvalue weighted by Crippen LogP contribution is 2.22. The standard InChI is InChI=1S/C8H4BrFN2S/c9-8-11-7(13-12-8)5-1-3-6(10)4-2-5/h1-4H. The molecular formula is C8H4BrFN2S. The van der Waals surface area contributed by atoms with Crippen LogP contribution >= 0.6 is 27.5 Å². The lowest BCUT2D eigenvalue weighted by Gasteiger charge is -1.92. The van der Waals surface area contributed by atoms with Gasteiger partial charge in [0.05, 0.1) is 0 Å². The number of benzene rings is 1. The van der Waals surface area contributed by atoms with Crippen LogP contribution in [0.1, 0.15) is 0 Å². The summed E-state index contributed by atoms with van der Waals surface area (Å²) < 4.78 is 17.1. The van der Waals surface area contributed by atoms with Gasteiger partial charge in [0, 0.05) is 5.56 Å². The molecule has 0 fully saturated rings.